The van der Waals surface area contributed by atoms with Crippen molar-refractivity contribution in [1.29, 1.82) is 0 Å². The number of methoxy groups -OCH3 is 2. The van der Waals surface area contributed by atoms with Crippen molar-refractivity contribution in [3.63, 3.8) is 0 Å². The molecule has 2 aromatic carbocycles. The van der Waals surface area contributed by atoms with E-state index >= 15 is 0 Å². The predicted octanol–water partition coefficient (Wildman–Crippen LogP) is 3.97. The summed E-state index contributed by atoms with van der Waals surface area (Å²) in [6.07, 6.45) is 4.47. The van der Waals surface area contributed by atoms with Gasteiger partial charge in [-0.05, 0) is 54.4 Å². The molecule has 0 atom stereocenters. The summed E-state index contributed by atoms with van der Waals surface area (Å²) in [4.78, 5) is 18.2. The highest BCUT2D eigenvalue weighted by Crippen LogP contribution is 2.32. The second-order valence-corrected chi connectivity index (χ2v) is 8.01. The third-order valence-electron chi connectivity index (χ3n) is 5.52. The average Bonchev–Trinajstić information content (AvgIpc) is 3.36. The summed E-state index contributed by atoms with van der Waals surface area (Å²) in [6.45, 7) is 0.681. The molecular weight excluding hydrogens is 430 g/mol. The lowest BCUT2D eigenvalue weighted by molar-refractivity contribution is 0.0827. The number of benzene rings is 2. The number of hydrogen-bond donors (Lipinski definition) is 0. The van der Waals surface area contributed by atoms with Crippen LogP contribution < -0.4 is 9.47 Å². The molecule has 0 saturated carbocycles. The van der Waals surface area contributed by atoms with Gasteiger partial charge in [-0.3, -0.25) is 14.5 Å². The van der Waals surface area contributed by atoms with E-state index in [9.17, 15) is 4.79 Å². The Morgan fingerprint density at radius 3 is 2.41 bits per heavy atom. The number of aromatic nitrogens is 4. The normalized spacial score (nSPS) is 10.7. The smallest absolute Gasteiger partial charge is 0.253 e. The van der Waals surface area contributed by atoms with E-state index in [0.717, 1.165) is 46.0 Å². The van der Waals surface area contributed by atoms with Crippen LogP contribution in [0, 0.1) is 0 Å². The first kappa shape index (κ1) is 23.0. The SMILES string of the molecule is COc1ccc(OC)c(-c2ccc(-c3cn(CCc4ccc(C(=O)N(C)C)cc4)nn3)cn2)c1. The van der Waals surface area contributed by atoms with E-state index in [1.807, 2.05) is 65.5 Å². The fourth-order valence-corrected chi connectivity index (χ4v) is 3.57. The van der Waals surface area contributed by atoms with Gasteiger partial charge < -0.3 is 14.4 Å². The third-order valence-corrected chi connectivity index (χ3v) is 5.52. The Morgan fingerprint density at radius 2 is 1.76 bits per heavy atom. The number of nitrogens with zero attached hydrogens (tertiary/aromatic N) is 5. The second-order valence-electron chi connectivity index (χ2n) is 8.01. The van der Waals surface area contributed by atoms with E-state index in [4.69, 9.17) is 9.47 Å². The van der Waals surface area contributed by atoms with Crippen LogP contribution in [0.1, 0.15) is 15.9 Å². The summed E-state index contributed by atoms with van der Waals surface area (Å²) in [5, 5.41) is 8.55. The second kappa shape index (κ2) is 10.2. The van der Waals surface area contributed by atoms with Gasteiger partial charge in [0.1, 0.15) is 17.2 Å². The highest BCUT2D eigenvalue weighted by molar-refractivity contribution is 5.93. The maximum absolute atomic E-state index is 12.0. The van der Waals surface area contributed by atoms with E-state index in [1.54, 1.807) is 39.4 Å². The molecule has 174 valence electrons. The van der Waals surface area contributed by atoms with Crippen molar-refractivity contribution in [2.75, 3.05) is 28.3 Å². The molecule has 0 aliphatic rings. The molecule has 0 saturated heterocycles. The van der Waals surface area contributed by atoms with Crippen molar-refractivity contribution in [2.24, 2.45) is 0 Å². The number of carbonyl (C=O) groups is 1. The van der Waals surface area contributed by atoms with Gasteiger partial charge in [-0.15, -0.1) is 5.10 Å². The molecule has 2 heterocycles. The van der Waals surface area contributed by atoms with Crippen LogP contribution in [0.2, 0.25) is 0 Å². The molecule has 0 unspecified atom stereocenters. The Labute approximate surface area is 198 Å². The quantitative estimate of drug-likeness (QED) is 0.398. The predicted molar refractivity (Wildman–Crippen MR) is 130 cm³/mol. The number of hydrogen-bond acceptors (Lipinski definition) is 6. The van der Waals surface area contributed by atoms with Gasteiger partial charge in [-0.2, -0.15) is 0 Å². The summed E-state index contributed by atoms with van der Waals surface area (Å²) in [5.41, 5.74) is 5.08. The van der Waals surface area contributed by atoms with Crippen LogP contribution in [0.15, 0.2) is 67.0 Å². The summed E-state index contributed by atoms with van der Waals surface area (Å²) in [5.74, 6) is 1.46. The van der Waals surface area contributed by atoms with Gasteiger partial charge >= 0.3 is 0 Å². The first-order chi connectivity index (χ1) is 16.5. The van der Waals surface area contributed by atoms with Crippen molar-refractivity contribution in [1.82, 2.24) is 24.9 Å². The molecule has 1 amide bonds. The molecule has 0 aliphatic carbocycles. The lowest BCUT2D eigenvalue weighted by Gasteiger charge is -2.10. The molecule has 0 N–H and O–H groups in total. The zero-order valence-corrected chi connectivity index (χ0v) is 19.7. The van der Waals surface area contributed by atoms with E-state index in [1.165, 1.54) is 0 Å². The zero-order valence-electron chi connectivity index (χ0n) is 19.7. The highest BCUT2D eigenvalue weighted by atomic mass is 16.5. The maximum Gasteiger partial charge on any atom is 0.253 e. The lowest BCUT2D eigenvalue weighted by atomic mass is 10.1. The number of rotatable bonds is 8. The van der Waals surface area contributed by atoms with Gasteiger partial charge in [0.25, 0.3) is 5.91 Å². The Balaban J connectivity index is 1.43. The fourth-order valence-electron chi connectivity index (χ4n) is 3.57. The highest BCUT2D eigenvalue weighted by Gasteiger charge is 2.11. The number of pyridine rings is 1. The molecule has 0 spiro atoms. The van der Waals surface area contributed by atoms with E-state index in [-0.39, 0.29) is 5.91 Å². The van der Waals surface area contributed by atoms with Crippen molar-refractivity contribution in [3.05, 3.63) is 78.1 Å². The van der Waals surface area contributed by atoms with Crippen LogP contribution in [0.3, 0.4) is 0 Å². The first-order valence-corrected chi connectivity index (χ1v) is 10.9. The summed E-state index contributed by atoms with van der Waals surface area (Å²) < 4.78 is 12.6. The zero-order chi connectivity index (χ0) is 24.1. The molecule has 8 heteroatoms. The summed E-state index contributed by atoms with van der Waals surface area (Å²) in [6, 6.07) is 17.2. The monoisotopic (exact) mass is 457 g/mol. The Morgan fingerprint density at radius 1 is 0.971 bits per heavy atom. The minimum Gasteiger partial charge on any atom is -0.497 e. The average molecular weight is 458 g/mol. The minimum atomic E-state index is -0.00283. The van der Waals surface area contributed by atoms with Gasteiger partial charge in [-0.25, -0.2) is 0 Å². The maximum atomic E-state index is 12.0. The molecule has 34 heavy (non-hydrogen) atoms. The van der Waals surface area contributed by atoms with E-state index in [0.29, 0.717) is 12.1 Å². The molecule has 0 radical (unpaired) electrons. The topological polar surface area (TPSA) is 82.4 Å². The van der Waals surface area contributed by atoms with Crippen LogP contribution in [-0.4, -0.2) is 59.1 Å². The van der Waals surface area contributed by atoms with Crippen LogP contribution in [0.25, 0.3) is 22.5 Å². The fraction of sp³-hybridized carbons (Fsp3) is 0.231. The van der Waals surface area contributed by atoms with Gasteiger partial charge in [-0.1, -0.05) is 17.3 Å². The van der Waals surface area contributed by atoms with Gasteiger partial charge in [0.05, 0.1) is 26.1 Å². The van der Waals surface area contributed by atoms with Gasteiger partial charge in [0.2, 0.25) is 0 Å². The summed E-state index contributed by atoms with van der Waals surface area (Å²) >= 11 is 0. The molecule has 4 rings (SSSR count). The molecule has 2 aromatic heterocycles. The van der Waals surface area contributed by atoms with Crippen molar-refractivity contribution in [3.8, 4) is 34.0 Å². The Bertz CT molecular complexity index is 1260. The van der Waals surface area contributed by atoms with Crippen molar-refractivity contribution in [2.45, 2.75) is 13.0 Å². The molecule has 4 aromatic rings. The van der Waals surface area contributed by atoms with Crippen LogP contribution in [-0.2, 0) is 13.0 Å². The largest absolute Gasteiger partial charge is 0.497 e. The lowest BCUT2D eigenvalue weighted by Crippen LogP contribution is -2.21. The molecule has 8 nitrogen and oxygen atoms in total. The van der Waals surface area contributed by atoms with Gasteiger partial charge in [0, 0.05) is 43.5 Å². The van der Waals surface area contributed by atoms with Crippen molar-refractivity contribution >= 4 is 5.91 Å². The first-order valence-electron chi connectivity index (χ1n) is 10.9. The molecular formula is C26H27N5O3. The van der Waals surface area contributed by atoms with Crippen molar-refractivity contribution < 1.29 is 14.3 Å². The van der Waals surface area contributed by atoms with E-state index in [2.05, 4.69) is 15.3 Å². The van der Waals surface area contributed by atoms with Crippen LogP contribution in [0.4, 0.5) is 0 Å². The van der Waals surface area contributed by atoms with Crippen LogP contribution >= 0.6 is 0 Å². The van der Waals surface area contributed by atoms with Crippen LogP contribution in [0.5, 0.6) is 11.5 Å². The standard InChI is InChI=1S/C26H27N5O3/c1-30(2)26(32)19-7-5-18(6-8-19)13-14-31-17-24(28-29-31)20-9-11-23(27-16-20)22-15-21(33-3)10-12-25(22)34-4/h5-12,15-17H,13-14H2,1-4H3. The van der Waals surface area contributed by atoms with E-state index < -0.39 is 0 Å². The number of carbonyl (C=O) groups excluding carboxylic acids is 1. The Kier molecular flexibility index (Phi) is 6.87. The number of aryl methyl sites for hydroxylation is 2. The summed E-state index contributed by atoms with van der Waals surface area (Å²) in [7, 11) is 6.76. The Hall–Kier alpha value is -4.20. The molecule has 0 bridgehead atoms. The number of ether oxygens (including phenoxy) is 2. The van der Waals surface area contributed by atoms with Gasteiger partial charge in [0.15, 0.2) is 0 Å². The number of amides is 1. The molecule has 0 fully saturated rings. The third kappa shape index (κ3) is 5.06. The minimum absolute atomic E-state index is 0.00283. The molecule has 0 aliphatic heterocycles.